The number of ether oxygens (including phenoxy) is 1. The first-order valence-electron chi connectivity index (χ1n) is 13.1. The minimum Gasteiger partial charge on any atom is -0.449 e. The third kappa shape index (κ3) is 4.33. The van der Waals surface area contributed by atoms with Gasteiger partial charge in [-0.1, -0.05) is 5.16 Å². The number of pyridine rings is 2. The number of anilines is 3. The number of hydrogen-bond acceptors (Lipinski definition) is 12. The number of rotatable bonds is 7. The van der Waals surface area contributed by atoms with Crippen LogP contribution in [-0.2, 0) is 22.3 Å². The molecule has 3 fully saturated rings. The Labute approximate surface area is 229 Å². The van der Waals surface area contributed by atoms with E-state index < -0.39 is 5.60 Å². The fraction of sp³-hybridized carbons (Fsp3) is 0.407. The Morgan fingerprint density at radius 1 is 1.05 bits per heavy atom. The van der Waals surface area contributed by atoms with E-state index in [4.69, 9.17) is 14.2 Å². The Morgan fingerprint density at radius 2 is 1.87 bits per heavy atom. The highest BCUT2D eigenvalue weighted by molar-refractivity contribution is 7.09. The van der Waals surface area contributed by atoms with Crippen molar-refractivity contribution in [3.63, 3.8) is 0 Å². The van der Waals surface area contributed by atoms with Crippen molar-refractivity contribution in [2.75, 3.05) is 30.3 Å². The van der Waals surface area contributed by atoms with E-state index in [2.05, 4.69) is 35.6 Å². The largest absolute Gasteiger partial charge is 0.449 e. The van der Waals surface area contributed by atoms with E-state index in [1.54, 1.807) is 35.9 Å². The molecule has 0 spiro atoms. The lowest BCUT2D eigenvalue weighted by Gasteiger charge is -2.46. The molecule has 0 amide bonds. The molecular formula is C27H28N8O3S. The zero-order valence-electron chi connectivity index (χ0n) is 21.7. The molecule has 2 N–H and O–H groups in total. The molecule has 12 heteroatoms. The molecule has 0 saturated carbocycles. The lowest BCUT2D eigenvalue weighted by atomic mass is 9.71. The molecule has 4 aromatic heterocycles. The van der Waals surface area contributed by atoms with E-state index in [0.29, 0.717) is 35.3 Å². The summed E-state index contributed by atoms with van der Waals surface area (Å²) in [4.78, 5) is 33.2. The summed E-state index contributed by atoms with van der Waals surface area (Å²) in [6, 6.07) is 5.37. The van der Waals surface area contributed by atoms with E-state index >= 15 is 0 Å². The van der Waals surface area contributed by atoms with Crippen LogP contribution in [0.25, 0.3) is 11.5 Å². The number of nitrogens with zero attached hydrogens (tertiary/aromatic N) is 6. The Balaban J connectivity index is 1.20. The van der Waals surface area contributed by atoms with E-state index in [0.717, 1.165) is 61.0 Å². The van der Waals surface area contributed by atoms with Gasteiger partial charge in [0.15, 0.2) is 5.82 Å². The van der Waals surface area contributed by atoms with E-state index in [1.807, 2.05) is 25.3 Å². The van der Waals surface area contributed by atoms with Gasteiger partial charge in [0.2, 0.25) is 0 Å². The third-order valence-electron chi connectivity index (χ3n) is 7.96. The van der Waals surface area contributed by atoms with Crippen molar-refractivity contribution in [1.82, 2.24) is 30.0 Å². The van der Waals surface area contributed by atoms with E-state index in [9.17, 15) is 4.79 Å². The van der Waals surface area contributed by atoms with Gasteiger partial charge in [0.05, 0.1) is 23.4 Å². The quantitative estimate of drug-likeness (QED) is 0.319. The number of aromatic nitrogens is 5. The molecule has 4 aliphatic rings. The third-order valence-corrected chi connectivity index (χ3v) is 8.74. The monoisotopic (exact) mass is 544 g/mol. The first kappa shape index (κ1) is 24.2. The Morgan fingerprint density at radius 3 is 2.64 bits per heavy atom. The SMILES string of the molecule is CC1(C)OC(=O)c2ccc(Nc3cc(NCc4nccs4)c(-c4nc(C56CCN(CC5)CC6)no4)cn3)nc21. The summed E-state index contributed by atoms with van der Waals surface area (Å²) in [7, 11) is 0. The number of cyclic esters (lactones) is 1. The number of carbonyl (C=O) groups excluding carboxylic acids is 1. The van der Waals surface area contributed by atoms with Crippen molar-refractivity contribution < 1.29 is 14.1 Å². The van der Waals surface area contributed by atoms with Crippen molar-refractivity contribution in [1.29, 1.82) is 0 Å². The summed E-state index contributed by atoms with van der Waals surface area (Å²) < 4.78 is 11.3. The fourth-order valence-corrected chi connectivity index (χ4v) is 6.24. The van der Waals surface area contributed by atoms with Gasteiger partial charge in [0, 0.05) is 29.3 Å². The fourth-order valence-electron chi connectivity index (χ4n) is 5.68. The predicted octanol–water partition coefficient (Wildman–Crippen LogP) is 4.48. The van der Waals surface area contributed by atoms with Crippen LogP contribution < -0.4 is 10.6 Å². The van der Waals surface area contributed by atoms with Gasteiger partial charge in [-0.15, -0.1) is 11.3 Å². The normalized spacial score (nSPS) is 22.9. The minimum atomic E-state index is -0.786. The van der Waals surface area contributed by atoms with Gasteiger partial charge in [0.25, 0.3) is 5.89 Å². The minimum absolute atomic E-state index is 0.00197. The molecule has 4 aliphatic heterocycles. The molecular weight excluding hydrogens is 516 g/mol. The summed E-state index contributed by atoms with van der Waals surface area (Å²) in [5, 5.41) is 14.1. The lowest BCUT2D eigenvalue weighted by Crippen LogP contribution is -2.51. The summed E-state index contributed by atoms with van der Waals surface area (Å²) in [6.45, 7) is 7.45. The molecule has 8 rings (SSSR count). The molecule has 0 aliphatic carbocycles. The summed E-state index contributed by atoms with van der Waals surface area (Å²) in [6.07, 6.45) is 6.70. The highest BCUT2D eigenvalue weighted by Crippen LogP contribution is 2.42. The van der Waals surface area contributed by atoms with Crippen molar-refractivity contribution in [3.8, 4) is 11.5 Å². The number of nitrogens with one attached hydrogen (secondary N) is 2. The number of fused-ring (bicyclic) bond motifs is 4. The first-order valence-corrected chi connectivity index (χ1v) is 14.0. The standard InChI is InChI=1S/C27H28N8O3S/c1-26(2)22-16(24(36)37-26)3-4-19(32-22)31-20-13-18(29-15-21-28-8-12-39-21)17(14-30-20)23-33-25(34-38-23)27-5-9-35(10-6-27)11-7-27/h3-4,8,12-14H,5-7,9-11,15H2,1-2H3,(H2,29,30,31,32). The van der Waals surface area contributed by atoms with Crippen LogP contribution in [0.3, 0.4) is 0 Å². The maximum atomic E-state index is 12.2. The first-order chi connectivity index (χ1) is 18.9. The van der Waals surface area contributed by atoms with Gasteiger partial charge in [-0.3, -0.25) is 0 Å². The van der Waals surface area contributed by atoms with Gasteiger partial charge >= 0.3 is 5.97 Å². The van der Waals surface area contributed by atoms with Crippen molar-refractivity contribution >= 4 is 34.6 Å². The average molecular weight is 545 g/mol. The second-order valence-corrected chi connectivity index (χ2v) is 11.8. The molecule has 0 unspecified atom stereocenters. The van der Waals surface area contributed by atoms with Crippen LogP contribution in [0.1, 0.15) is 60.0 Å². The van der Waals surface area contributed by atoms with Crippen LogP contribution in [-0.4, -0.2) is 55.6 Å². The second kappa shape index (κ2) is 9.09. The van der Waals surface area contributed by atoms with Gasteiger partial charge in [-0.25, -0.2) is 19.7 Å². The van der Waals surface area contributed by atoms with Crippen molar-refractivity contribution in [2.45, 2.75) is 50.7 Å². The number of carbonyl (C=O) groups is 1. The number of esters is 1. The van der Waals surface area contributed by atoms with Crippen LogP contribution in [0, 0.1) is 0 Å². The van der Waals surface area contributed by atoms with E-state index in [-0.39, 0.29) is 11.4 Å². The summed E-state index contributed by atoms with van der Waals surface area (Å²) in [5.74, 6) is 2.03. The van der Waals surface area contributed by atoms with Crippen molar-refractivity contribution in [3.05, 3.63) is 58.1 Å². The zero-order chi connectivity index (χ0) is 26.6. The zero-order valence-corrected chi connectivity index (χ0v) is 22.5. The molecule has 4 aromatic rings. The smallest absolute Gasteiger partial charge is 0.341 e. The molecule has 0 radical (unpaired) electrons. The molecule has 8 heterocycles. The predicted molar refractivity (Wildman–Crippen MR) is 145 cm³/mol. The molecule has 3 saturated heterocycles. The Bertz CT molecular complexity index is 1530. The van der Waals surface area contributed by atoms with Crippen LogP contribution in [0.5, 0.6) is 0 Å². The van der Waals surface area contributed by atoms with Crippen LogP contribution in [0.15, 0.2) is 40.5 Å². The van der Waals surface area contributed by atoms with Crippen LogP contribution >= 0.6 is 11.3 Å². The summed E-state index contributed by atoms with van der Waals surface area (Å²) in [5.41, 5.74) is 1.80. The van der Waals surface area contributed by atoms with Crippen LogP contribution in [0.4, 0.5) is 17.3 Å². The number of piperidine rings is 3. The van der Waals surface area contributed by atoms with Gasteiger partial charge < -0.3 is 24.8 Å². The number of hydrogen-bond donors (Lipinski definition) is 2. The van der Waals surface area contributed by atoms with Gasteiger partial charge in [-0.05, 0) is 64.9 Å². The Hall–Kier alpha value is -3.90. The molecule has 11 nitrogen and oxygen atoms in total. The maximum absolute atomic E-state index is 12.2. The number of thiazole rings is 1. The highest BCUT2D eigenvalue weighted by atomic mass is 32.1. The highest BCUT2D eigenvalue weighted by Gasteiger charge is 2.44. The van der Waals surface area contributed by atoms with E-state index in [1.165, 1.54) is 0 Å². The maximum Gasteiger partial charge on any atom is 0.341 e. The average Bonchev–Trinajstić information content (AvgIpc) is 3.70. The summed E-state index contributed by atoms with van der Waals surface area (Å²) >= 11 is 1.58. The molecule has 0 aromatic carbocycles. The van der Waals surface area contributed by atoms with Crippen LogP contribution in [0.2, 0.25) is 0 Å². The molecule has 0 atom stereocenters. The van der Waals surface area contributed by atoms with Crippen molar-refractivity contribution in [2.24, 2.45) is 0 Å². The topological polar surface area (TPSA) is 131 Å². The molecule has 2 bridgehead atoms. The van der Waals surface area contributed by atoms with Gasteiger partial charge in [-0.2, -0.15) is 4.98 Å². The molecule has 39 heavy (non-hydrogen) atoms. The Kier molecular flexibility index (Phi) is 5.63. The molecule has 200 valence electrons. The second-order valence-electron chi connectivity index (χ2n) is 10.8. The van der Waals surface area contributed by atoms with Gasteiger partial charge in [0.1, 0.15) is 27.9 Å². The lowest BCUT2D eigenvalue weighted by molar-refractivity contribution is 0.00834.